The normalized spacial score (nSPS) is 13.6. The molecule has 0 aromatic rings. The van der Waals surface area contributed by atoms with Crippen molar-refractivity contribution < 1.29 is 33.3 Å². The van der Waals surface area contributed by atoms with Crippen molar-refractivity contribution in [3.8, 4) is 0 Å². The molecule has 0 bridgehead atoms. The molecule has 3 atom stereocenters. The van der Waals surface area contributed by atoms with Gasteiger partial charge in [-0.2, -0.15) is 0 Å². The summed E-state index contributed by atoms with van der Waals surface area (Å²) >= 11 is 0. The minimum absolute atomic E-state index is 0.0710. The lowest BCUT2D eigenvalue weighted by Gasteiger charge is -2.20. The number of alkyl carbamates (subject to hydrolysis) is 1. The average Bonchev–Trinajstić information content (AvgIpc) is 2.90. The Hall–Kier alpha value is -0.720. The van der Waals surface area contributed by atoms with Crippen LogP contribution in [0.15, 0.2) is 0 Å². The maximum absolute atomic E-state index is 12.2. The predicted molar refractivity (Wildman–Crippen MR) is 158 cm³/mol. The first-order chi connectivity index (χ1) is 18.5. The largest absolute Gasteiger partial charge is 0.466 e. The van der Waals surface area contributed by atoms with Gasteiger partial charge in [-0.1, -0.05) is 48.3 Å². The standard InChI is InChI=1S/C27H54N2O7S2/c1-5-10-24(14-19-35-26(30)13-12-23(34-8-4)22-32-7-3)37-38-25(11-6-2)15-20-36-27(31)29-17-21-33-18-9-16-28/h23-25H,5-22,28H2,1-4H3,(H,29,31). The van der Waals surface area contributed by atoms with Gasteiger partial charge in [-0.25, -0.2) is 4.79 Å². The zero-order valence-corrected chi connectivity index (χ0v) is 25.8. The van der Waals surface area contributed by atoms with Gasteiger partial charge in [-0.05, 0) is 58.9 Å². The zero-order valence-electron chi connectivity index (χ0n) is 24.2. The quantitative estimate of drug-likeness (QED) is 0.0746. The van der Waals surface area contributed by atoms with Gasteiger partial charge in [-0.3, -0.25) is 4.79 Å². The van der Waals surface area contributed by atoms with E-state index in [2.05, 4.69) is 19.2 Å². The maximum atomic E-state index is 12.2. The van der Waals surface area contributed by atoms with Crippen LogP contribution in [-0.2, 0) is 28.5 Å². The molecule has 1 amide bonds. The number of rotatable bonds is 27. The van der Waals surface area contributed by atoms with Gasteiger partial charge in [0.25, 0.3) is 0 Å². The molecule has 38 heavy (non-hydrogen) atoms. The molecule has 0 aliphatic heterocycles. The topological polar surface area (TPSA) is 118 Å². The molecule has 0 aromatic heterocycles. The van der Waals surface area contributed by atoms with Crippen molar-refractivity contribution in [1.82, 2.24) is 5.32 Å². The summed E-state index contributed by atoms with van der Waals surface area (Å²) in [6, 6.07) is 0. The summed E-state index contributed by atoms with van der Waals surface area (Å²) in [7, 11) is 3.73. The van der Waals surface area contributed by atoms with Crippen molar-refractivity contribution in [2.45, 2.75) is 102 Å². The number of hydrogen-bond acceptors (Lipinski definition) is 10. The van der Waals surface area contributed by atoms with E-state index in [1.807, 2.05) is 35.4 Å². The maximum Gasteiger partial charge on any atom is 0.407 e. The number of carbonyl (C=O) groups excluding carboxylic acids is 2. The molecule has 0 fully saturated rings. The molecule has 3 N–H and O–H groups in total. The lowest BCUT2D eigenvalue weighted by molar-refractivity contribution is -0.144. The second-order valence-corrected chi connectivity index (χ2v) is 11.8. The summed E-state index contributed by atoms with van der Waals surface area (Å²) in [5.74, 6) is -0.180. The fourth-order valence-electron chi connectivity index (χ4n) is 3.48. The Morgan fingerprint density at radius 3 is 2.03 bits per heavy atom. The van der Waals surface area contributed by atoms with Crippen LogP contribution in [0.1, 0.15) is 85.5 Å². The number of nitrogens with one attached hydrogen (secondary N) is 1. The number of esters is 1. The molecule has 0 heterocycles. The van der Waals surface area contributed by atoms with Crippen molar-refractivity contribution in [3.05, 3.63) is 0 Å². The van der Waals surface area contributed by atoms with E-state index in [4.69, 9.17) is 29.4 Å². The van der Waals surface area contributed by atoms with E-state index in [0.29, 0.717) is 82.7 Å². The van der Waals surface area contributed by atoms with Crippen LogP contribution in [0, 0.1) is 0 Å². The zero-order chi connectivity index (χ0) is 28.3. The molecule has 0 aliphatic rings. The highest BCUT2D eigenvalue weighted by atomic mass is 33.1. The van der Waals surface area contributed by atoms with Crippen LogP contribution in [0.5, 0.6) is 0 Å². The summed E-state index contributed by atoms with van der Waals surface area (Å²) in [6.07, 6.45) is 7.21. The molecule has 0 spiro atoms. The number of nitrogens with two attached hydrogens (primary N) is 1. The lowest BCUT2D eigenvalue weighted by Crippen LogP contribution is -2.28. The summed E-state index contributed by atoms with van der Waals surface area (Å²) in [6.45, 7) is 12.9. The third-order valence-corrected chi connectivity index (χ3v) is 9.08. The molecule has 226 valence electrons. The van der Waals surface area contributed by atoms with E-state index >= 15 is 0 Å². The Labute approximate surface area is 239 Å². The van der Waals surface area contributed by atoms with Crippen LogP contribution in [0.25, 0.3) is 0 Å². The average molecular weight is 583 g/mol. The Balaban J connectivity index is 4.25. The van der Waals surface area contributed by atoms with Crippen LogP contribution in [-0.4, -0.2) is 88.0 Å². The highest BCUT2D eigenvalue weighted by molar-refractivity contribution is 8.77. The summed E-state index contributed by atoms with van der Waals surface area (Å²) in [5, 5.41) is 3.53. The monoisotopic (exact) mass is 582 g/mol. The Kier molecular flexibility index (Phi) is 27.3. The highest BCUT2D eigenvalue weighted by Crippen LogP contribution is 2.38. The predicted octanol–water partition coefficient (Wildman–Crippen LogP) is 5.34. The molecule has 11 heteroatoms. The van der Waals surface area contributed by atoms with Gasteiger partial charge in [0.05, 0.1) is 32.5 Å². The molecule has 0 radical (unpaired) electrons. The molecular weight excluding hydrogens is 528 g/mol. The van der Waals surface area contributed by atoms with Gasteiger partial charge in [0.15, 0.2) is 0 Å². The second-order valence-electron chi connectivity index (χ2n) is 8.90. The fourth-order valence-corrected chi connectivity index (χ4v) is 6.94. The molecule has 0 rings (SSSR count). The Morgan fingerprint density at radius 1 is 0.789 bits per heavy atom. The number of amides is 1. The second kappa shape index (κ2) is 27.8. The van der Waals surface area contributed by atoms with Gasteiger partial charge in [0, 0.05) is 43.3 Å². The summed E-state index contributed by atoms with van der Waals surface area (Å²) < 4.78 is 27.3. The Bertz CT molecular complexity index is 562. The summed E-state index contributed by atoms with van der Waals surface area (Å²) in [5.41, 5.74) is 5.42. The van der Waals surface area contributed by atoms with E-state index in [1.54, 1.807) is 0 Å². The molecule has 0 saturated heterocycles. The smallest absolute Gasteiger partial charge is 0.407 e. The van der Waals surface area contributed by atoms with Gasteiger partial charge in [-0.15, -0.1) is 0 Å². The van der Waals surface area contributed by atoms with E-state index in [0.717, 1.165) is 44.9 Å². The van der Waals surface area contributed by atoms with Crippen molar-refractivity contribution in [1.29, 1.82) is 0 Å². The minimum Gasteiger partial charge on any atom is -0.466 e. The van der Waals surface area contributed by atoms with Gasteiger partial charge in [0.2, 0.25) is 0 Å². The number of ether oxygens (including phenoxy) is 5. The van der Waals surface area contributed by atoms with Gasteiger partial charge >= 0.3 is 12.1 Å². The van der Waals surface area contributed by atoms with E-state index < -0.39 is 6.09 Å². The van der Waals surface area contributed by atoms with E-state index in [-0.39, 0.29) is 12.1 Å². The fraction of sp³-hybridized carbons (Fsp3) is 0.926. The van der Waals surface area contributed by atoms with Crippen LogP contribution in [0.4, 0.5) is 4.79 Å². The Morgan fingerprint density at radius 2 is 1.45 bits per heavy atom. The van der Waals surface area contributed by atoms with Crippen LogP contribution < -0.4 is 11.1 Å². The molecule has 0 saturated carbocycles. The van der Waals surface area contributed by atoms with Crippen molar-refractivity contribution in [2.75, 3.05) is 59.3 Å². The molecule has 0 aromatic carbocycles. The molecule has 0 aliphatic carbocycles. The van der Waals surface area contributed by atoms with Gasteiger partial charge < -0.3 is 34.7 Å². The van der Waals surface area contributed by atoms with Crippen molar-refractivity contribution >= 4 is 33.7 Å². The van der Waals surface area contributed by atoms with Crippen LogP contribution in [0.3, 0.4) is 0 Å². The van der Waals surface area contributed by atoms with E-state index in [1.165, 1.54) is 0 Å². The van der Waals surface area contributed by atoms with Crippen molar-refractivity contribution in [2.24, 2.45) is 5.73 Å². The molecule has 9 nitrogen and oxygen atoms in total. The molecule has 3 unspecified atom stereocenters. The third kappa shape index (κ3) is 23.2. The lowest BCUT2D eigenvalue weighted by atomic mass is 10.2. The first-order valence-corrected chi connectivity index (χ1v) is 16.6. The number of hydrogen-bond donors (Lipinski definition) is 2. The summed E-state index contributed by atoms with van der Waals surface area (Å²) in [4.78, 5) is 24.1. The minimum atomic E-state index is -0.406. The number of carbonyl (C=O) groups is 2. The third-order valence-electron chi connectivity index (χ3n) is 5.51. The SMILES string of the molecule is CCCC(CCOC(=O)CCC(COCC)OCC)SSC(CCC)CCOC(=O)NCCOCCCN. The first-order valence-electron chi connectivity index (χ1n) is 14.4. The van der Waals surface area contributed by atoms with Crippen molar-refractivity contribution in [3.63, 3.8) is 0 Å². The molecular formula is C27H54N2O7S2. The highest BCUT2D eigenvalue weighted by Gasteiger charge is 2.17. The van der Waals surface area contributed by atoms with Gasteiger partial charge in [0.1, 0.15) is 0 Å². The van der Waals surface area contributed by atoms with E-state index in [9.17, 15) is 9.59 Å². The van der Waals surface area contributed by atoms with Crippen LogP contribution in [0.2, 0.25) is 0 Å². The van der Waals surface area contributed by atoms with Crippen LogP contribution >= 0.6 is 21.6 Å². The first kappa shape index (κ1) is 37.3.